The van der Waals surface area contributed by atoms with E-state index >= 15 is 0 Å². The lowest BCUT2D eigenvalue weighted by Crippen LogP contribution is -2.48. The van der Waals surface area contributed by atoms with Gasteiger partial charge in [0.25, 0.3) is 0 Å². The van der Waals surface area contributed by atoms with Gasteiger partial charge in [-0.25, -0.2) is 17.9 Å². The Morgan fingerprint density at radius 1 is 1.37 bits per heavy atom. The Labute approximate surface area is 112 Å². The number of urea groups is 1. The number of sulfonamides is 1. The lowest BCUT2D eigenvalue weighted by molar-refractivity contribution is -0.143. The minimum Gasteiger partial charge on any atom is -0.481 e. The van der Waals surface area contributed by atoms with Crippen molar-refractivity contribution in [2.45, 2.75) is 12.8 Å². The Morgan fingerprint density at radius 2 is 2.05 bits per heavy atom. The molecule has 1 atom stereocenters. The van der Waals surface area contributed by atoms with E-state index in [-0.39, 0.29) is 25.7 Å². The third-order valence-electron chi connectivity index (χ3n) is 2.82. The molecule has 0 saturated carbocycles. The summed E-state index contributed by atoms with van der Waals surface area (Å²) >= 11 is 0. The summed E-state index contributed by atoms with van der Waals surface area (Å²) in [6, 6.07) is -0.360. The van der Waals surface area contributed by atoms with Crippen LogP contribution in [0.5, 0.6) is 0 Å². The lowest BCUT2D eigenvalue weighted by Gasteiger charge is -2.30. The van der Waals surface area contributed by atoms with Crippen LogP contribution < -0.4 is 10.0 Å². The number of piperidine rings is 1. The summed E-state index contributed by atoms with van der Waals surface area (Å²) in [4.78, 5) is 24.0. The van der Waals surface area contributed by atoms with Crippen LogP contribution in [0.15, 0.2) is 0 Å². The Bertz CT molecular complexity index is 436. The molecule has 0 radical (unpaired) electrons. The van der Waals surface area contributed by atoms with Crippen LogP contribution in [-0.2, 0) is 14.8 Å². The fourth-order valence-corrected chi connectivity index (χ4v) is 2.35. The standard InChI is InChI=1S/C10H19N3O5S/c1-19(17,18)12-5-4-11-10(16)13-6-2-3-8(7-13)9(14)15/h8,12H,2-7H2,1H3,(H,11,16)(H,14,15)/t8-/m0/s1. The minimum atomic E-state index is -3.26. The van der Waals surface area contributed by atoms with Gasteiger partial charge in [-0.15, -0.1) is 0 Å². The summed E-state index contributed by atoms with van der Waals surface area (Å²) in [7, 11) is -3.26. The molecule has 0 aliphatic carbocycles. The summed E-state index contributed by atoms with van der Waals surface area (Å²) in [5, 5.41) is 11.5. The van der Waals surface area contributed by atoms with Crippen LogP contribution in [-0.4, -0.2) is 62.9 Å². The number of nitrogens with zero attached hydrogens (tertiary/aromatic N) is 1. The normalized spacial score (nSPS) is 20.1. The molecule has 0 unspecified atom stereocenters. The van der Waals surface area contributed by atoms with Crippen molar-refractivity contribution < 1.29 is 23.1 Å². The molecule has 9 heteroatoms. The molecule has 0 aromatic carbocycles. The molecule has 1 fully saturated rings. The monoisotopic (exact) mass is 293 g/mol. The van der Waals surface area contributed by atoms with Gasteiger partial charge in [-0.2, -0.15) is 0 Å². The van der Waals surface area contributed by atoms with Crippen molar-refractivity contribution in [2.24, 2.45) is 5.92 Å². The molecular formula is C10H19N3O5S. The second-order valence-electron chi connectivity index (χ2n) is 4.52. The second kappa shape index (κ2) is 6.71. The topological polar surface area (TPSA) is 116 Å². The van der Waals surface area contributed by atoms with Crippen molar-refractivity contribution in [3.63, 3.8) is 0 Å². The predicted octanol–water partition coefficient (Wildman–Crippen LogP) is -0.958. The van der Waals surface area contributed by atoms with E-state index in [1.54, 1.807) is 0 Å². The molecule has 1 heterocycles. The predicted molar refractivity (Wildman–Crippen MR) is 68.2 cm³/mol. The zero-order valence-electron chi connectivity index (χ0n) is 10.8. The van der Waals surface area contributed by atoms with Crippen molar-refractivity contribution in [3.8, 4) is 0 Å². The van der Waals surface area contributed by atoms with E-state index in [9.17, 15) is 18.0 Å². The maximum Gasteiger partial charge on any atom is 0.317 e. The summed E-state index contributed by atoms with van der Waals surface area (Å²) in [5.41, 5.74) is 0. The average molecular weight is 293 g/mol. The average Bonchev–Trinajstić information content (AvgIpc) is 2.33. The van der Waals surface area contributed by atoms with Crippen molar-refractivity contribution in [1.29, 1.82) is 0 Å². The highest BCUT2D eigenvalue weighted by Gasteiger charge is 2.27. The number of hydrogen-bond acceptors (Lipinski definition) is 4. The Balaban J connectivity index is 2.31. The van der Waals surface area contributed by atoms with Crippen LogP contribution in [0, 0.1) is 5.92 Å². The molecule has 8 nitrogen and oxygen atoms in total. The van der Waals surface area contributed by atoms with Crippen molar-refractivity contribution in [3.05, 3.63) is 0 Å². The fourth-order valence-electron chi connectivity index (χ4n) is 1.88. The minimum absolute atomic E-state index is 0.112. The molecule has 19 heavy (non-hydrogen) atoms. The Hall–Kier alpha value is -1.35. The Morgan fingerprint density at radius 3 is 2.63 bits per heavy atom. The number of rotatable bonds is 5. The van der Waals surface area contributed by atoms with Crippen molar-refractivity contribution >= 4 is 22.0 Å². The van der Waals surface area contributed by atoms with Crippen LogP contribution in [0.25, 0.3) is 0 Å². The van der Waals surface area contributed by atoms with E-state index < -0.39 is 21.9 Å². The van der Waals surface area contributed by atoms with Crippen molar-refractivity contribution in [2.75, 3.05) is 32.4 Å². The van der Waals surface area contributed by atoms with Crippen LogP contribution in [0.2, 0.25) is 0 Å². The first-order valence-electron chi connectivity index (χ1n) is 6.00. The molecule has 2 amide bonds. The van der Waals surface area contributed by atoms with Crippen LogP contribution in [0.4, 0.5) is 4.79 Å². The fraction of sp³-hybridized carbons (Fsp3) is 0.800. The smallest absolute Gasteiger partial charge is 0.317 e. The van der Waals surface area contributed by atoms with Crippen LogP contribution in [0.1, 0.15) is 12.8 Å². The summed E-state index contributed by atoms with van der Waals surface area (Å²) in [6.45, 7) is 0.997. The molecule has 0 aromatic heterocycles. The molecule has 110 valence electrons. The number of carboxylic acid groups (broad SMARTS) is 1. The van der Waals surface area contributed by atoms with Gasteiger partial charge in [0, 0.05) is 26.2 Å². The summed E-state index contributed by atoms with van der Waals surface area (Å²) in [5.74, 6) is -1.41. The van der Waals surface area contributed by atoms with E-state index in [2.05, 4.69) is 10.0 Å². The molecular weight excluding hydrogens is 274 g/mol. The number of carbonyl (C=O) groups excluding carboxylic acids is 1. The van der Waals surface area contributed by atoms with Gasteiger partial charge < -0.3 is 15.3 Å². The molecule has 1 saturated heterocycles. The molecule has 0 bridgehead atoms. The summed E-state index contributed by atoms with van der Waals surface area (Å²) < 4.78 is 23.8. The van der Waals surface area contributed by atoms with E-state index in [1.807, 2.05) is 0 Å². The third kappa shape index (κ3) is 5.88. The van der Waals surface area contributed by atoms with Gasteiger partial charge in [0.05, 0.1) is 12.2 Å². The first-order chi connectivity index (χ1) is 8.79. The zero-order chi connectivity index (χ0) is 14.5. The van der Waals surface area contributed by atoms with Gasteiger partial charge in [-0.1, -0.05) is 0 Å². The highest BCUT2D eigenvalue weighted by atomic mass is 32.2. The number of carbonyl (C=O) groups is 2. The highest BCUT2D eigenvalue weighted by molar-refractivity contribution is 7.88. The summed E-state index contributed by atoms with van der Waals surface area (Å²) in [6.07, 6.45) is 2.28. The molecule has 0 spiro atoms. The molecule has 1 rings (SSSR count). The lowest BCUT2D eigenvalue weighted by atomic mass is 9.99. The highest BCUT2D eigenvalue weighted by Crippen LogP contribution is 2.16. The van der Waals surface area contributed by atoms with Gasteiger partial charge in [0.15, 0.2) is 0 Å². The molecule has 0 aromatic rings. The Kier molecular flexibility index (Phi) is 5.55. The van der Waals surface area contributed by atoms with Crippen molar-refractivity contribution in [1.82, 2.24) is 14.9 Å². The molecule has 1 aliphatic heterocycles. The number of nitrogens with one attached hydrogen (secondary N) is 2. The van der Waals surface area contributed by atoms with Gasteiger partial charge >= 0.3 is 12.0 Å². The first kappa shape index (κ1) is 15.7. The van der Waals surface area contributed by atoms with E-state index in [4.69, 9.17) is 5.11 Å². The van der Waals surface area contributed by atoms with Gasteiger partial charge in [0.2, 0.25) is 10.0 Å². The second-order valence-corrected chi connectivity index (χ2v) is 6.35. The number of amides is 2. The van der Waals surface area contributed by atoms with Gasteiger partial charge in [0.1, 0.15) is 0 Å². The van der Waals surface area contributed by atoms with E-state index in [0.717, 1.165) is 6.26 Å². The van der Waals surface area contributed by atoms with Gasteiger partial charge in [-0.3, -0.25) is 4.79 Å². The zero-order valence-corrected chi connectivity index (χ0v) is 11.6. The van der Waals surface area contributed by atoms with Crippen LogP contribution in [0.3, 0.4) is 0 Å². The van der Waals surface area contributed by atoms with Gasteiger partial charge in [-0.05, 0) is 12.8 Å². The quantitative estimate of drug-likeness (QED) is 0.565. The SMILES string of the molecule is CS(=O)(=O)NCCNC(=O)N1CCC[C@H](C(=O)O)C1. The maximum absolute atomic E-state index is 11.7. The molecule has 3 N–H and O–H groups in total. The third-order valence-corrected chi connectivity index (χ3v) is 3.55. The van der Waals surface area contributed by atoms with E-state index in [0.29, 0.717) is 19.4 Å². The van der Waals surface area contributed by atoms with E-state index in [1.165, 1.54) is 4.90 Å². The van der Waals surface area contributed by atoms with Crippen LogP contribution >= 0.6 is 0 Å². The number of hydrogen-bond donors (Lipinski definition) is 3. The first-order valence-corrected chi connectivity index (χ1v) is 7.89. The maximum atomic E-state index is 11.7. The largest absolute Gasteiger partial charge is 0.481 e. The molecule has 1 aliphatic rings. The number of likely N-dealkylation sites (tertiary alicyclic amines) is 1. The number of carboxylic acids is 1. The number of aliphatic carboxylic acids is 1.